The maximum atomic E-state index is 13.2. The molecule has 2 amide bonds. The number of thiazole rings is 1. The van der Waals surface area contributed by atoms with Gasteiger partial charge < -0.3 is 15.5 Å². The van der Waals surface area contributed by atoms with Crippen molar-refractivity contribution in [3.05, 3.63) is 41.0 Å². The number of carbonyl (C=O) groups is 2. The highest BCUT2D eigenvalue weighted by molar-refractivity contribution is 7.13. The molecule has 2 N–H and O–H groups in total. The van der Waals surface area contributed by atoms with E-state index in [0.29, 0.717) is 13.0 Å². The molecule has 1 aliphatic heterocycles. The van der Waals surface area contributed by atoms with E-state index in [9.17, 15) is 9.59 Å². The molecule has 6 nitrogen and oxygen atoms in total. The van der Waals surface area contributed by atoms with E-state index in [-0.39, 0.29) is 29.3 Å². The molecule has 1 saturated heterocycles. The van der Waals surface area contributed by atoms with E-state index in [0.717, 1.165) is 23.2 Å². The van der Waals surface area contributed by atoms with Crippen molar-refractivity contribution in [2.24, 2.45) is 5.41 Å². The van der Waals surface area contributed by atoms with E-state index in [1.165, 1.54) is 4.88 Å². The molecule has 3 rings (SSSR count). The number of hydrogen-bond donors (Lipinski definition) is 2. The Labute approximate surface area is 189 Å². The maximum Gasteiger partial charge on any atom is 0.243 e. The van der Waals surface area contributed by atoms with Gasteiger partial charge in [0.1, 0.15) is 6.04 Å². The van der Waals surface area contributed by atoms with Gasteiger partial charge in [-0.05, 0) is 50.3 Å². The van der Waals surface area contributed by atoms with Gasteiger partial charge in [0.25, 0.3) is 0 Å². The number of nitrogens with one attached hydrogen (secondary N) is 2. The van der Waals surface area contributed by atoms with Crippen molar-refractivity contribution < 1.29 is 9.59 Å². The highest BCUT2D eigenvalue weighted by Gasteiger charge is 2.40. The van der Waals surface area contributed by atoms with E-state index < -0.39 is 6.04 Å². The quantitative estimate of drug-likeness (QED) is 0.711. The van der Waals surface area contributed by atoms with Crippen molar-refractivity contribution in [1.29, 1.82) is 0 Å². The smallest absolute Gasteiger partial charge is 0.243 e. The minimum absolute atomic E-state index is 0.00424. The maximum absolute atomic E-state index is 13.2. The summed E-state index contributed by atoms with van der Waals surface area (Å²) in [7, 11) is 1.80. The molecule has 2 heterocycles. The molecule has 0 radical (unpaired) electrons. The minimum atomic E-state index is -0.410. The molecule has 0 spiro atoms. The molecule has 0 aliphatic carbocycles. The van der Waals surface area contributed by atoms with Crippen molar-refractivity contribution in [2.75, 3.05) is 13.6 Å². The monoisotopic (exact) mass is 442 g/mol. The predicted molar refractivity (Wildman–Crippen MR) is 126 cm³/mol. The lowest BCUT2D eigenvalue weighted by Gasteiger charge is -2.35. The van der Waals surface area contributed by atoms with Crippen molar-refractivity contribution in [2.45, 2.75) is 65.6 Å². The van der Waals surface area contributed by atoms with E-state index in [4.69, 9.17) is 0 Å². The van der Waals surface area contributed by atoms with Crippen LogP contribution in [-0.4, -0.2) is 47.4 Å². The minimum Gasteiger partial charge on any atom is -0.348 e. The lowest BCUT2D eigenvalue weighted by Crippen LogP contribution is -2.55. The number of aromatic nitrogens is 1. The van der Waals surface area contributed by atoms with Crippen LogP contribution in [0.4, 0.5) is 0 Å². The lowest BCUT2D eigenvalue weighted by molar-refractivity contribution is -0.142. The molecule has 1 fully saturated rings. The number of carbonyl (C=O) groups excluding carboxylic acids is 2. The normalized spacial score (nSPS) is 18.6. The zero-order chi connectivity index (χ0) is 22.8. The second kappa shape index (κ2) is 9.49. The number of aryl methyl sites for hydroxylation is 1. The molecule has 168 valence electrons. The van der Waals surface area contributed by atoms with Gasteiger partial charge in [0, 0.05) is 6.54 Å². The first-order valence-electron chi connectivity index (χ1n) is 10.9. The summed E-state index contributed by atoms with van der Waals surface area (Å²) in [5.41, 5.74) is 4.84. The Balaban J connectivity index is 1.67. The van der Waals surface area contributed by atoms with Crippen LogP contribution in [0.2, 0.25) is 0 Å². The van der Waals surface area contributed by atoms with Crippen LogP contribution in [-0.2, 0) is 9.59 Å². The summed E-state index contributed by atoms with van der Waals surface area (Å²) in [6.45, 7) is 10.7. The Bertz CT molecular complexity index is 916. The van der Waals surface area contributed by atoms with Gasteiger partial charge in [-0.2, -0.15) is 0 Å². The van der Waals surface area contributed by atoms with Gasteiger partial charge in [0.05, 0.1) is 28.2 Å². The third-order valence-electron chi connectivity index (χ3n) is 6.02. The van der Waals surface area contributed by atoms with Crippen LogP contribution in [0.3, 0.4) is 0 Å². The molecular formula is C24H34N4O2S. The predicted octanol–water partition coefficient (Wildman–Crippen LogP) is 3.92. The van der Waals surface area contributed by atoms with Gasteiger partial charge in [0.2, 0.25) is 11.8 Å². The number of likely N-dealkylation sites (N-methyl/N-ethyl adjacent to an activating group) is 1. The fraction of sp³-hybridized carbons (Fsp3) is 0.542. The van der Waals surface area contributed by atoms with Crippen molar-refractivity contribution in [1.82, 2.24) is 20.5 Å². The van der Waals surface area contributed by atoms with Crippen LogP contribution in [0.1, 0.15) is 57.8 Å². The van der Waals surface area contributed by atoms with E-state index >= 15 is 0 Å². The number of nitrogens with zero attached hydrogens (tertiary/aromatic N) is 2. The van der Waals surface area contributed by atoms with Gasteiger partial charge in [-0.1, -0.05) is 45.0 Å². The van der Waals surface area contributed by atoms with Crippen LogP contribution in [0.15, 0.2) is 29.8 Å². The molecule has 1 aliphatic rings. The second-order valence-corrected chi connectivity index (χ2v) is 10.3. The van der Waals surface area contributed by atoms with Gasteiger partial charge in [-0.15, -0.1) is 11.3 Å². The second-order valence-electron chi connectivity index (χ2n) is 9.40. The number of hydrogen-bond acceptors (Lipinski definition) is 5. The summed E-state index contributed by atoms with van der Waals surface area (Å²) < 4.78 is 0. The van der Waals surface area contributed by atoms with E-state index in [2.05, 4.69) is 27.8 Å². The number of benzene rings is 1. The molecule has 2 aromatic rings. The Hall–Kier alpha value is -2.25. The van der Waals surface area contributed by atoms with Crippen LogP contribution in [0.5, 0.6) is 0 Å². The first-order valence-corrected chi connectivity index (χ1v) is 11.8. The molecule has 7 heteroatoms. The summed E-state index contributed by atoms with van der Waals surface area (Å²) in [6, 6.07) is 7.38. The zero-order valence-corrected chi connectivity index (χ0v) is 20.2. The first kappa shape index (κ1) is 23.4. The Morgan fingerprint density at radius 2 is 1.90 bits per heavy atom. The Morgan fingerprint density at radius 1 is 1.23 bits per heavy atom. The van der Waals surface area contributed by atoms with Crippen LogP contribution < -0.4 is 10.6 Å². The van der Waals surface area contributed by atoms with Crippen LogP contribution in [0.25, 0.3) is 10.4 Å². The fourth-order valence-electron chi connectivity index (χ4n) is 4.29. The molecule has 3 atom stereocenters. The Morgan fingerprint density at radius 3 is 2.45 bits per heavy atom. The average Bonchev–Trinajstić information content (AvgIpc) is 3.36. The zero-order valence-electron chi connectivity index (χ0n) is 19.4. The molecule has 1 aromatic heterocycles. The molecule has 1 aromatic carbocycles. The highest BCUT2D eigenvalue weighted by atomic mass is 32.1. The van der Waals surface area contributed by atoms with Crippen LogP contribution >= 0.6 is 11.3 Å². The number of likely N-dealkylation sites (tertiary alicyclic amines) is 1. The summed E-state index contributed by atoms with van der Waals surface area (Å²) in [6.07, 6.45) is 1.55. The third kappa shape index (κ3) is 5.15. The molecule has 0 saturated carbocycles. The Kier molecular flexibility index (Phi) is 7.17. The fourth-order valence-corrected chi connectivity index (χ4v) is 5.10. The van der Waals surface area contributed by atoms with Crippen LogP contribution in [0, 0.1) is 12.3 Å². The summed E-state index contributed by atoms with van der Waals surface area (Å²) in [5.74, 6) is -0.0749. The molecule has 0 bridgehead atoms. The molecule has 1 unspecified atom stereocenters. The highest BCUT2D eigenvalue weighted by Crippen LogP contribution is 2.29. The van der Waals surface area contributed by atoms with Crippen molar-refractivity contribution in [3.63, 3.8) is 0 Å². The van der Waals surface area contributed by atoms with Crippen molar-refractivity contribution in [3.8, 4) is 10.4 Å². The first-order chi connectivity index (χ1) is 14.6. The van der Waals surface area contributed by atoms with E-state index in [1.807, 2.05) is 52.3 Å². The molecule has 31 heavy (non-hydrogen) atoms. The number of amides is 2. The number of rotatable bonds is 6. The standard InChI is InChI=1S/C24H34N4O2S/c1-15(17-9-11-18(12-10-17)20-16(2)26-14-31-20)27-22(29)19-8-7-13-28(19)23(30)21(25-6)24(3,4)5/h9-12,14-15,19,21,25H,7-8,13H2,1-6H3,(H,27,29)/t15-,19+,21?/m1/s1. The van der Waals surface area contributed by atoms with E-state index in [1.54, 1.807) is 23.3 Å². The summed E-state index contributed by atoms with van der Waals surface area (Å²) >= 11 is 1.63. The lowest BCUT2D eigenvalue weighted by atomic mass is 9.86. The summed E-state index contributed by atoms with van der Waals surface area (Å²) in [5, 5.41) is 6.26. The average molecular weight is 443 g/mol. The van der Waals surface area contributed by atoms with Crippen molar-refractivity contribution >= 4 is 23.2 Å². The largest absolute Gasteiger partial charge is 0.348 e. The topological polar surface area (TPSA) is 74.3 Å². The third-order valence-corrected chi connectivity index (χ3v) is 6.99. The van der Waals surface area contributed by atoms with Gasteiger partial charge in [0.15, 0.2) is 0 Å². The van der Waals surface area contributed by atoms with Gasteiger partial charge >= 0.3 is 0 Å². The van der Waals surface area contributed by atoms with Gasteiger partial charge in [-0.3, -0.25) is 9.59 Å². The SMILES string of the molecule is CNC(C(=O)N1CCC[C@H]1C(=O)N[C@H](C)c1ccc(-c2scnc2C)cc1)C(C)(C)C. The molecular weight excluding hydrogens is 408 g/mol. The van der Waals surface area contributed by atoms with Gasteiger partial charge in [-0.25, -0.2) is 4.98 Å². The summed E-state index contributed by atoms with van der Waals surface area (Å²) in [4.78, 5) is 33.5.